The van der Waals surface area contributed by atoms with Crippen molar-refractivity contribution in [2.75, 3.05) is 12.3 Å². The van der Waals surface area contributed by atoms with Gasteiger partial charge in [0.25, 0.3) is 0 Å². The van der Waals surface area contributed by atoms with Crippen LogP contribution in [0.4, 0.5) is 10.5 Å². The molecule has 1 unspecified atom stereocenters. The highest BCUT2D eigenvalue weighted by molar-refractivity contribution is 5.77. The zero-order valence-corrected chi connectivity index (χ0v) is 15.2. The van der Waals surface area contributed by atoms with E-state index >= 15 is 0 Å². The first-order chi connectivity index (χ1) is 11.6. The summed E-state index contributed by atoms with van der Waals surface area (Å²) in [4.78, 5) is 24.0. The number of carboxylic acid groups (broad SMARTS) is 1. The minimum atomic E-state index is -0.987. The summed E-state index contributed by atoms with van der Waals surface area (Å²) in [7, 11) is 0. The van der Waals surface area contributed by atoms with Crippen molar-refractivity contribution in [1.29, 1.82) is 0 Å². The van der Waals surface area contributed by atoms with Crippen LogP contribution in [0.15, 0.2) is 24.3 Å². The third-order valence-electron chi connectivity index (χ3n) is 4.63. The molecule has 1 aromatic carbocycles. The zero-order valence-electron chi connectivity index (χ0n) is 15.2. The van der Waals surface area contributed by atoms with E-state index in [1.165, 1.54) is 0 Å². The van der Waals surface area contributed by atoms with Crippen LogP contribution in [0.1, 0.15) is 45.6 Å². The van der Waals surface area contributed by atoms with Crippen LogP contribution in [0.5, 0.6) is 0 Å². The molecule has 0 bridgehead atoms. The summed E-state index contributed by atoms with van der Waals surface area (Å²) in [5, 5.41) is 12.6. The van der Waals surface area contributed by atoms with Gasteiger partial charge in [0.1, 0.15) is 5.60 Å². The number of para-hydroxylation sites is 1. The first-order valence-electron chi connectivity index (χ1n) is 8.68. The van der Waals surface area contributed by atoms with Crippen molar-refractivity contribution in [3.05, 3.63) is 29.8 Å². The van der Waals surface area contributed by atoms with Crippen molar-refractivity contribution in [3.63, 3.8) is 0 Å². The fourth-order valence-corrected chi connectivity index (χ4v) is 3.09. The summed E-state index contributed by atoms with van der Waals surface area (Å²) in [6.45, 7) is 5.39. The smallest absolute Gasteiger partial charge is 0.407 e. The molecule has 25 heavy (non-hydrogen) atoms. The predicted molar refractivity (Wildman–Crippen MR) is 96.2 cm³/mol. The normalized spacial score (nSPS) is 16.8. The van der Waals surface area contributed by atoms with Crippen LogP contribution in [0.2, 0.25) is 0 Å². The number of alkyl carbamates (subject to hydrolysis) is 1. The molecule has 2 rings (SSSR count). The summed E-state index contributed by atoms with van der Waals surface area (Å²) < 4.78 is 5.23. The summed E-state index contributed by atoms with van der Waals surface area (Å²) in [6, 6.07) is 7.47. The number of carbonyl (C=O) groups excluding carboxylic acids is 1. The Labute approximate surface area is 148 Å². The lowest BCUT2D eigenvalue weighted by Crippen LogP contribution is -2.46. The minimum Gasteiger partial charge on any atom is -0.481 e. The number of carbonyl (C=O) groups is 2. The molecule has 1 saturated carbocycles. The van der Waals surface area contributed by atoms with Gasteiger partial charge in [0.2, 0.25) is 0 Å². The molecule has 6 heteroatoms. The highest BCUT2D eigenvalue weighted by Crippen LogP contribution is 2.48. The second kappa shape index (κ2) is 7.33. The zero-order chi connectivity index (χ0) is 18.7. The lowest BCUT2D eigenvalue weighted by atomic mass is 9.77. The Balaban J connectivity index is 2.08. The molecule has 1 fully saturated rings. The van der Waals surface area contributed by atoms with Crippen LogP contribution < -0.4 is 11.1 Å². The van der Waals surface area contributed by atoms with E-state index < -0.39 is 23.1 Å². The molecule has 0 aromatic heterocycles. The summed E-state index contributed by atoms with van der Waals surface area (Å²) in [6.07, 6.45) is 2.14. The number of hydrogen-bond donors (Lipinski definition) is 3. The molecule has 0 spiro atoms. The fourth-order valence-electron chi connectivity index (χ4n) is 3.09. The average Bonchev–Trinajstić information content (AvgIpc) is 3.32. The van der Waals surface area contributed by atoms with Crippen molar-refractivity contribution in [2.45, 2.75) is 52.1 Å². The number of rotatable bonds is 7. The Morgan fingerprint density at radius 3 is 2.44 bits per heavy atom. The van der Waals surface area contributed by atoms with Gasteiger partial charge in [-0.25, -0.2) is 4.79 Å². The first-order valence-corrected chi connectivity index (χ1v) is 8.68. The van der Waals surface area contributed by atoms with Crippen LogP contribution in [-0.2, 0) is 16.0 Å². The van der Waals surface area contributed by atoms with Gasteiger partial charge in [-0.2, -0.15) is 0 Å². The van der Waals surface area contributed by atoms with E-state index in [4.69, 9.17) is 10.5 Å². The average molecular weight is 348 g/mol. The molecule has 1 aromatic rings. The van der Waals surface area contributed by atoms with E-state index in [9.17, 15) is 14.7 Å². The highest BCUT2D eigenvalue weighted by Gasteiger charge is 2.51. The van der Waals surface area contributed by atoms with E-state index in [1.807, 2.05) is 24.3 Å². The topological polar surface area (TPSA) is 102 Å². The van der Waals surface area contributed by atoms with Gasteiger partial charge in [-0.3, -0.25) is 4.79 Å². The van der Waals surface area contributed by atoms with E-state index in [-0.39, 0.29) is 12.5 Å². The van der Waals surface area contributed by atoms with Gasteiger partial charge in [-0.1, -0.05) is 18.2 Å². The lowest BCUT2D eigenvalue weighted by Gasteiger charge is -2.30. The number of amides is 1. The Kier molecular flexibility index (Phi) is 5.60. The third kappa shape index (κ3) is 5.11. The molecule has 6 nitrogen and oxygen atoms in total. The number of nitrogen functional groups attached to an aromatic ring is 1. The molecule has 4 N–H and O–H groups in total. The van der Waals surface area contributed by atoms with Crippen molar-refractivity contribution >= 4 is 17.7 Å². The van der Waals surface area contributed by atoms with Gasteiger partial charge in [0, 0.05) is 12.2 Å². The van der Waals surface area contributed by atoms with Crippen molar-refractivity contribution in [3.8, 4) is 0 Å². The number of nitrogens with two attached hydrogens (primary N) is 1. The Bertz CT molecular complexity index is 635. The molecule has 1 amide bonds. The molecular formula is C19H28N2O4. The molecular weight excluding hydrogens is 320 g/mol. The van der Waals surface area contributed by atoms with Gasteiger partial charge in [0.15, 0.2) is 0 Å². The molecule has 0 heterocycles. The summed E-state index contributed by atoms with van der Waals surface area (Å²) in [5.74, 6) is -0.801. The van der Waals surface area contributed by atoms with Gasteiger partial charge in [0.05, 0.1) is 5.41 Å². The second-order valence-electron chi connectivity index (χ2n) is 7.79. The van der Waals surface area contributed by atoms with Crippen molar-refractivity contribution in [1.82, 2.24) is 5.32 Å². The number of nitrogens with one attached hydrogen (secondary N) is 1. The van der Waals surface area contributed by atoms with Gasteiger partial charge < -0.3 is 20.9 Å². The summed E-state index contributed by atoms with van der Waals surface area (Å²) in [5.41, 5.74) is 5.97. The number of aliphatic carboxylic acids is 1. The molecule has 0 saturated heterocycles. The Morgan fingerprint density at radius 1 is 1.28 bits per heavy atom. The number of ether oxygens (including phenoxy) is 1. The molecule has 138 valence electrons. The van der Waals surface area contributed by atoms with Gasteiger partial charge in [-0.15, -0.1) is 0 Å². The number of hydrogen-bond acceptors (Lipinski definition) is 4. The Morgan fingerprint density at radius 2 is 1.92 bits per heavy atom. The highest BCUT2D eigenvalue weighted by atomic mass is 16.6. The second-order valence-corrected chi connectivity index (χ2v) is 7.79. The SMILES string of the molecule is CC(C)(C)OC(=O)NCC(CCc1ccccc1N)(C(=O)O)C1CC1. The quantitative estimate of drug-likeness (QED) is 0.657. The van der Waals surface area contributed by atoms with Gasteiger partial charge in [-0.05, 0) is 64.0 Å². The molecule has 1 aliphatic rings. The number of anilines is 1. The standard InChI is InChI=1S/C19H28N2O4/c1-18(2,3)25-17(24)21-12-19(16(22)23,14-8-9-14)11-10-13-6-4-5-7-15(13)20/h4-7,14H,8-12,20H2,1-3H3,(H,21,24)(H,22,23). The van der Waals surface area contributed by atoms with Crippen LogP contribution in [-0.4, -0.2) is 29.3 Å². The monoisotopic (exact) mass is 348 g/mol. The van der Waals surface area contributed by atoms with Gasteiger partial charge >= 0.3 is 12.1 Å². The summed E-state index contributed by atoms with van der Waals surface area (Å²) >= 11 is 0. The maximum atomic E-state index is 12.1. The first kappa shape index (κ1) is 19.1. The van der Waals surface area contributed by atoms with Crippen LogP contribution in [0.3, 0.4) is 0 Å². The molecule has 0 radical (unpaired) electrons. The van der Waals surface area contributed by atoms with Crippen molar-refractivity contribution in [2.24, 2.45) is 11.3 Å². The largest absolute Gasteiger partial charge is 0.481 e. The van der Waals surface area contributed by atoms with Crippen LogP contribution >= 0.6 is 0 Å². The van der Waals surface area contributed by atoms with Crippen molar-refractivity contribution < 1.29 is 19.4 Å². The Hall–Kier alpha value is -2.24. The molecule has 1 aliphatic carbocycles. The van der Waals surface area contributed by atoms with E-state index in [0.29, 0.717) is 18.5 Å². The number of benzene rings is 1. The third-order valence-corrected chi connectivity index (χ3v) is 4.63. The van der Waals surface area contributed by atoms with Crippen LogP contribution in [0.25, 0.3) is 0 Å². The minimum absolute atomic E-state index is 0.0641. The lowest BCUT2D eigenvalue weighted by molar-refractivity contribution is -0.150. The predicted octanol–water partition coefficient (Wildman–Crippen LogP) is 3.21. The van der Waals surface area contributed by atoms with Crippen LogP contribution in [0, 0.1) is 11.3 Å². The molecule has 1 atom stereocenters. The molecule has 0 aliphatic heterocycles. The van der Waals surface area contributed by atoms with E-state index in [2.05, 4.69) is 5.32 Å². The number of carboxylic acids is 1. The fraction of sp³-hybridized carbons (Fsp3) is 0.579. The maximum Gasteiger partial charge on any atom is 0.407 e. The van der Waals surface area contributed by atoms with E-state index in [0.717, 1.165) is 18.4 Å². The number of aryl methyl sites for hydroxylation is 1. The van der Waals surface area contributed by atoms with E-state index in [1.54, 1.807) is 20.8 Å². The maximum absolute atomic E-state index is 12.1.